The minimum Gasteiger partial charge on any atom is -0.497 e. The quantitative estimate of drug-likeness (QED) is 0.395. The van der Waals surface area contributed by atoms with Crippen molar-refractivity contribution in [2.24, 2.45) is 4.99 Å². The molecule has 31 heavy (non-hydrogen) atoms. The highest BCUT2D eigenvalue weighted by atomic mass is 32.2. The van der Waals surface area contributed by atoms with E-state index in [0.717, 1.165) is 48.8 Å². The Morgan fingerprint density at radius 1 is 1.35 bits per heavy atom. The summed E-state index contributed by atoms with van der Waals surface area (Å²) in [6, 6.07) is 6.82. The van der Waals surface area contributed by atoms with Gasteiger partial charge in [0.25, 0.3) is 0 Å². The van der Waals surface area contributed by atoms with Gasteiger partial charge in [0.2, 0.25) is 0 Å². The van der Waals surface area contributed by atoms with Gasteiger partial charge in [0.1, 0.15) is 12.0 Å². The molecule has 1 N–H and O–H groups in total. The highest BCUT2D eigenvalue weighted by Gasteiger charge is 2.31. The molecule has 166 valence electrons. The number of amidine groups is 1. The minimum atomic E-state index is 0.198. The van der Waals surface area contributed by atoms with E-state index < -0.39 is 0 Å². The number of allylic oxidation sites excluding steroid dienone is 2. The van der Waals surface area contributed by atoms with Crippen LogP contribution in [0.5, 0.6) is 5.75 Å². The second-order valence-electron chi connectivity index (χ2n) is 7.31. The number of aliphatic imine (C=N–C) groups is 1. The molecule has 0 spiro atoms. The maximum Gasteiger partial charge on any atom is 0.159 e. The highest BCUT2D eigenvalue weighted by molar-refractivity contribution is 8.13. The number of likely N-dealkylation sites (N-methyl/N-ethyl adjacent to an activating group) is 1. The molecule has 0 radical (unpaired) electrons. The van der Waals surface area contributed by atoms with Gasteiger partial charge in [-0.3, -0.25) is 4.99 Å². The second kappa shape index (κ2) is 13.7. The van der Waals surface area contributed by atoms with Gasteiger partial charge in [0.15, 0.2) is 5.17 Å². The lowest BCUT2D eigenvalue weighted by Crippen LogP contribution is -2.47. The summed E-state index contributed by atoms with van der Waals surface area (Å²) < 4.78 is 5.43. The fourth-order valence-electron chi connectivity index (χ4n) is 3.97. The van der Waals surface area contributed by atoms with Crippen molar-refractivity contribution in [3.63, 3.8) is 0 Å². The van der Waals surface area contributed by atoms with Crippen molar-refractivity contribution in [3.05, 3.63) is 53.6 Å². The van der Waals surface area contributed by atoms with Crippen LogP contribution in [0, 0.1) is 12.8 Å². The van der Waals surface area contributed by atoms with Gasteiger partial charge < -0.3 is 19.7 Å². The van der Waals surface area contributed by atoms with Crippen LogP contribution in [0.4, 0.5) is 0 Å². The minimum absolute atomic E-state index is 0.198. The third-order valence-electron chi connectivity index (χ3n) is 5.47. The van der Waals surface area contributed by atoms with E-state index >= 15 is 0 Å². The van der Waals surface area contributed by atoms with Crippen molar-refractivity contribution < 1.29 is 9.53 Å². The van der Waals surface area contributed by atoms with E-state index in [1.54, 1.807) is 18.9 Å². The lowest BCUT2D eigenvalue weighted by molar-refractivity contribution is -0.108. The number of ether oxygens (including phenoxy) is 1. The number of terminal acetylenes is 1. The van der Waals surface area contributed by atoms with E-state index in [1.807, 2.05) is 6.07 Å². The average molecular weight is 440 g/mol. The molecule has 2 aliphatic rings. The Bertz CT molecular complexity index is 816. The zero-order valence-corrected chi connectivity index (χ0v) is 19.3. The Balaban J connectivity index is 0.00000166. The monoisotopic (exact) mass is 439 g/mol. The van der Waals surface area contributed by atoms with Crippen molar-refractivity contribution in [2.45, 2.75) is 37.8 Å². The van der Waals surface area contributed by atoms with Gasteiger partial charge in [0, 0.05) is 19.2 Å². The Morgan fingerprint density at radius 3 is 2.94 bits per heavy atom. The Morgan fingerprint density at radius 2 is 2.16 bits per heavy atom. The number of hydrogen-bond acceptors (Lipinski definition) is 6. The number of nitrogens with one attached hydrogen (secondary N) is 1. The summed E-state index contributed by atoms with van der Waals surface area (Å²) in [4.78, 5) is 18.1. The number of thioether (sulfide) groups is 1. The predicted octanol–water partition coefficient (Wildman–Crippen LogP) is 4.02. The van der Waals surface area contributed by atoms with Gasteiger partial charge in [-0.25, -0.2) is 0 Å². The zero-order chi connectivity index (χ0) is 22.5. The number of methoxy groups -OCH3 is 1. The number of rotatable bonds is 7. The third-order valence-corrected chi connectivity index (χ3v) is 6.51. The number of fused-ring (bicyclic) bond motifs is 1. The molecule has 0 fully saturated rings. The molecule has 5 nitrogen and oxygen atoms in total. The molecule has 0 aromatic heterocycles. The van der Waals surface area contributed by atoms with Crippen LogP contribution in [0.1, 0.15) is 36.4 Å². The maximum atomic E-state index is 10.9. The van der Waals surface area contributed by atoms with Crippen molar-refractivity contribution in [1.29, 1.82) is 0 Å². The molecule has 2 atom stereocenters. The zero-order valence-electron chi connectivity index (χ0n) is 18.5. The molecule has 2 unspecified atom stereocenters. The maximum absolute atomic E-state index is 10.9. The summed E-state index contributed by atoms with van der Waals surface area (Å²) in [5.74, 6) is 1.81. The molecule has 6 heteroatoms. The van der Waals surface area contributed by atoms with Crippen LogP contribution in [-0.4, -0.2) is 55.4 Å². The van der Waals surface area contributed by atoms with Crippen molar-refractivity contribution in [1.82, 2.24) is 10.2 Å². The molecule has 0 amide bonds. The standard InChI is InChI=1S/C23H31N3O2S.C2H2/c1-26(23-25-13-6-3-4-8-16-29-23)21(9-5-7-15-27)22-20-11-10-19(28-2)17-18(20)12-14-24-22;1-2/h3-4,6,8,10-11,15,17,21-22,24H,5,7,9,12-14,16H2,1-2H3;1-2H/b6-3-,8-4-,25-23?;. The average Bonchev–Trinajstić information content (AvgIpc) is 2.96. The SMILES string of the molecule is C#C.COc1ccc2c(c1)CCNC2C(CCCC=O)N(C)C1=NC/C=C\C=C/CS1. The fourth-order valence-corrected chi connectivity index (χ4v) is 4.83. The smallest absolute Gasteiger partial charge is 0.159 e. The largest absolute Gasteiger partial charge is 0.497 e. The number of carbonyl (C=O) groups is 1. The van der Waals surface area contributed by atoms with Crippen LogP contribution < -0.4 is 10.1 Å². The van der Waals surface area contributed by atoms with Crippen molar-refractivity contribution in [2.75, 3.05) is 33.0 Å². The van der Waals surface area contributed by atoms with E-state index in [0.29, 0.717) is 13.0 Å². The van der Waals surface area contributed by atoms with Crippen LogP contribution in [-0.2, 0) is 11.2 Å². The lowest BCUT2D eigenvalue weighted by atomic mass is 9.87. The summed E-state index contributed by atoms with van der Waals surface area (Å²) in [6.07, 6.45) is 20.8. The third kappa shape index (κ3) is 7.02. The molecule has 0 saturated carbocycles. The molecular weight excluding hydrogens is 406 g/mol. The Kier molecular flexibility index (Phi) is 11.0. The lowest BCUT2D eigenvalue weighted by Gasteiger charge is -2.40. The summed E-state index contributed by atoms with van der Waals surface area (Å²) in [5, 5.41) is 4.79. The first-order valence-corrected chi connectivity index (χ1v) is 11.6. The van der Waals surface area contributed by atoms with E-state index in [1.165, 1.54) is 11.1 Å². The van der Waals surface area contributed by atoms with E-state index in [9.17, 15) is 4.79 Å². The molecule has 2 heterocycles. The number of unbranched alkanes of at least 4 members (excludes halogenated alkanes) is 1. The fraction of sp³-hybridized carbons (Fsp3) is 0.440. The number of nitrogens with zero attached hydrogens (tertiary/aromatic N) is 2. The number of carbonyl (C=O) groups excluding carboxylic acids is 1. The first-order valence-electron chi connectivity index (χ1n) is 10.6. The molecule has 0 saturated heterocycles. The van der Waals surface area contributed by atoms with Gasteiger partial charge in [-0.05, 0) is 49.1 Å². The van der Waals surface area contributed by atoms with Crippen LogP contribution >= 0.6 is 11.8 Å². The first kappa shape index (κ1) is 24.8. The number of benzene rings is 1. The van der Waals surface area contributed by atoms with Crippen molar-refractivity contribution in [3.8, 4) is 18.6 Å². The molecule has 1 aromatic rings. The molecule has 2 aliphatic heterocycles. The molecule has 3 rings (SSSR count). The highest BCUT2D eigenvalue weighted by Crippen LogP contribution is 2.33. The predicted molar refractivity (Wildman–Crippen MR) is 132 cm³/mol. The molecule has 0 aliphatic carbocycles. The summed E-state index contributed by atoms with van der Waals surface area (Å²) in [7, 11) is 3.86. The normalized spacial score (nSPS) is 20.8. The van der Waals surface area contributed by atoms with E-state index in [4.69, 9.17) is 9.73 Å². The van der Waals surface area contributed by atoms with Gasteiger partial charge in [-0.15, -0.1) is 12.8 Å². The Hall–Kier alpha value is -2.49. The van der Waals surface area contributed by atoms with Gasteiger partial charge in [-0.2, -0.15) is 0 Å². The Labute approximate surface area is 191 Å². The topological polar surface area (TPSA) is 53.9 Å². The van der Waals surface area contributed by atoms with Gasteiger partial charge >= 0.3 is 0 Å². The van der Waals surface area contributed by atoms with Crippen molar-refractivity contribution >= 4 is 23.2 Å². The number of hydrogen-bond donors (Lipinski definition) is 1. The molecule has 0 bridgehead atoms. The summed E-state index contributed by atoms with van der Waals surface area (Å²) in [6.45, 7) is 1.62. The summed E-state index contributed by atoms with van der Waals surface area (Å²) in [5.41, 5.74) is 2.67. The second-order valence-corrected chi connectivity index (χ2v) is 8.30. The van der Waals surface area contributed by atoms with E-state index in [2.05, 4.69) is 66.5 Å². The number of aldehydes is 1. The van der Waals surface area contributed by atoms with Gasteiger partial charge in [0.05, 0.1) is 25.7 Å². The summed E-state index contributed by atoms with van der Waals surface area (Å²) >= 11 is 1.77. The van der Waals surface area contributed by atoms with Crippen LogP contribution in [0.3, 0.4) is 0 Å². The van der Waals surface area contributed by atoms with Gasteiger partial charge in [-0.1, -0.05) is 42.1 Å². The van der Waals surface area contributed by atoms with Crippen LogP contribution in [0.15, 0.2) is 47.5 Å². The van der Waals surface area contributed by atoms with Crippen LogP contribution in [0.2, 0.25) is 0 Å². The van der Waals surface area contributed by atoms with Crippen LogP contribution in [0.25, 0.3) is 0 Å². The molecular formula is C25H33N3O2S. The first-order chi connectivity index (χ1) is 15.2. The molecule has 1 aromatic carbocycles. The van der Waals surface area contributed by atoms with E-state index in [-0.39, 0.29) is 12.1 Å².